The average molecular weight is 138 g/mol. The highest BCUT2D eigenvalue weighted by molar-refractivity contribution is 5.19. The van der Waals surface area contributed by atoms with Crippen LogP contribution in [0.15, 0.2) is 24.0 Å². The van der Waals surface area contributed by atoms with Crippen molar-refractivity contribution in [2.75, 3.05) is 0 Å². The van der Waals surface area contributed by atoms with Gasteiger partial charge in [-0.05, 0) is 25.0 Å². The molecule has 2 aliphatic rings. The molecular formula is C7H10N2O. The first kappa shape index (κ1) is 5.80. The first-order valence-electron chi connectivity index (χ1n) is 3.49. The van der Waals surface area contributed by atoms with Crippen molar-refractivity contribution in [3.05, 3.63) is 24.0 Å². The van der Waals surface area contributed by atoms with E-state index in [1.807, 2.05) is 12.2 Å². The number of nitrogens with one attached hydrogen (secondary N) is 1. The van der Waals surface area contributed by atoms with Gasteiger partial charge in [0.25, 0.3) is 0 Å². The third-order valence-corrected chi connectivity index (χ3v) is 1.76. The molecule has 2 N–H and O–H groups in total. The molecule has 3 nitrogen and oxygen atoms in total. The lowest BCUT2D eigenvalue weighted by atomic mass is 10.2. The van der Waals surface area contributed by atoms with Crippen molar-refractivity contribution >= 4 is 0 Å². The van der Waals surface area contributed by atoms with E-state index >= 15 is 0 Å². The number of nitrogens with zero attached hydrogens (tertiary/aromatic N) is 1. The molecule has 10 heavy (non-hydrogen) atoms. The van der Waals surface area contributed by atoms with E-state index in [2.05, 4.69) is 5.43 Å². The average Bonchev–Trinajstić information content (AvgIpc) is 2.68. The smallest absolute Gasteiger partial charge is 0.0516 e. The maximum Gasteiger partial charge on any atom is 0.0516 e. The van der Waals surface area contributed by atoms with Gasteiger partial charge in [0.2, 0.25) is 0 Å². The lowest BCUT2D eigenvalue weighted by Crippen LogP contribution is -2.31. The first-order chi connectivity index (χ1) is 4.86. The maximum atomic E-state index is 8.95. The standard InChI is InChI=1S/C7H10N2O/c10-9-5-1-2-7(8-9)6-3-4-6/h1-2,5-6,8,10H,3-4H2. The second-order valence-corrected chi connectivity index (χ2v) is 2.69. The van der Waals surface area contributed by atoms with Gasteiger partial charge in [-0.1, -0.05) is 0 Å². The minimum Gasteiger partial charge on any atom is -0.279 e. The zero-order valence-corrected chi connectivity index (χ0v) is 5.62. The molecule has 0 spiro atoms. The van der Waals surface area contributed by atoms with Crippen LogP contribution in [-0.4, -0.2) is 10.4 Å². The zero-order valence-electron chi connectivity index (χ0n) is 5.62. The van der Waals surface area contributed by atoms with Crippen molar-refractivity contribution in [2.24, 2.45) is 5.92 Å². The summed E-state index contributed by atoms with van der Waals surface area (Å²) in [6, 6.07) is 0. The lowest BCUT2D eigenvalue weighted by molar-refractivity contribution is -0.0813. The highest BCUT2D eigenvalue weighted by atomic mass is 16.5. The van der Waals surface area contributed by atoms with Gasteiger partial charge in [0.1, 0.15) is 0 Å². The van der Waals surface area contributed by atoms with Gasteiger partial charge in [0, 0.05) is 11.6 Å². The number of rotatable bonds is 1. The fourth-order valence-electron chi connectivity index (χ4n) is 1.06. The van der Waals surface area contributed by atoms with Crippen molar-refractivity contribution in [2.45, 2.75) is 12.8 Å². The van der Waals surface area contributed by atoms with Crippen LogP contribution in [-0.2, 0) is 0 Å². The largest absolute Gasteiger partial charge is 0.279 e. The van der Waals surface area contributed by atoms with E-state index in [1.165, 1.54) is 12.8 Å². The highest BCUT2D eigenvalue weighted by Gasteiger charge is 2.27. The van der Waals surface area contributed by atoms with Gasteiger partial charge in [0.15, 0.2) is 0 Å². The van der Waals surface area contributed by atoms with Crippen molar-refractivity contribution in [1.29, 1.82) is 0 Å². The molecule has 3 heteroatoms. The van der Waals surface area contributed by atoms with E-state index in [4.69, 9.17) is 5.21 Å². The number of hydroxylamine groups is 1. The van der Waals surface area contributed by atoms with Crippen molar-refractivity contribution < 1.29 is 5.21 Å². The van der Waals surface area contributed by atoms with E-state index in [-0.39, 0.29) is 0 Å². The summed E-state index contributed by atoms with van der Waals surface area (Å²) in [5.41, 5.74) is 3.97. The van der Waals surface area contributed by atoms with Gasteiger partial charge in [-0.2, -0.15) is 5.17 Å². The van der Waals surface area contributed by atoms with Crippen LogP contribution in [0.3, 0.4) is 0 Å². The Hall–Kier alpha value is -0.960. The van der Waals surface area contributed by atoms with Crippen molar-refractivity contribution in [1.82, 2.24) is 10.6 Å². The summed E-state index contributed by atoms with van der Waals surface area (Å²) in [5, 5.41) is 9.94. The molecule has 0 saturated heterocycles. The normalized spacial score (nSPS) is 24.1. The highest BCUT2D eigenvalue weighted by Crippen LogP contribution is 2.35. The first-order valence-corrected chi connectivity index (χ1v) is 3.49. The molecule has 0 atom stereocenters. The molecule has 54 valence electrons. The van der Waals surface area contributed by atoms with Crippen LogP contribution in [0, 0.1) is 5.92 Å². The summed E-state index contributed by atoms with van der Waals surface area (Å²) in [7, 11) is 0. The molecule has 1 heterocycles. The Morgan fingerprint density at radius 2 is 2.40 bits per heavy atom. The quantitative estimate of drug-likeness (QED) is 0.567. The van der Waals surface area contributed by atoms with Crippen LogP contribution in [0.25, 0.3) is 0 Å². The van der Waals surface area contributed by atoms with Crippen LogP contribution in [0.4, 0.5) is 0 Å². The summed E-state index contributed by atoms with van der Waals surface area (Å²) in [6.45, 7) is 0. The number of hydrazine groups is 1. The summed E-state index contributed by atoms with van der Waals surface area (Å²) >= 11 is 0. The zero-order chi connectivity index (χ0) is 6.97. The second kappa shape index (κ2) is 2.02. The minimum atomic E-state index is 0.666. The van der Waals surface area contributed by atoms with Crippen molar-refractivity contribution in [3.8, 4) is 0 Å². The van der Waals surface area contributed by atoms with E-state index in [9.17, 15) is 0 Å². The third-order valence-electron chi connectivity index (χ3n) is 1.76. The van der Waals surface area contributed by atoms with Gasteiger partial charge in [-0.15, -0.1) is 0 Å². The van der Waals surface area contributed by atoms with E-state index in [1.54, 1.807) is 6.20 Å². The van der Waals surface area contributed by atoms with Gasteiger partial charge in [-0.3, -0.25) is 10.6 Å². The summed E-state index contributed by atoms with van der Waals surface area (Å²) in [5.74, 6) is 0.666. The molecule has 1 aliphatic carbocycles. The van der Waals surface area contributed by atoms with E-state index in [0.717, 1.165) is 10.9 Å². The lowest BCUT2D eigenvalue weighted by Gasteiger charge is -2.19. The fourth-order valence-corrected chi connectivity index (χ4v) is 1.06. The third kappa shape index (κ3) is 0.998. The molecular weight excluding hydrogens is 128 g/mol. The molecule has 0 bridgehead atoms. The minimum absolute atomic E-state index is 0.666. The molecule has 2 rings (SSSR count). The van der Waals surface area contributed by atoms with E-state index in [0.29, 0.717) is 5.92 Å². The molecule has 0 aromatic rings. The Bertz CT molecular complexity index is 194. The van der Waals surface area contributed by atoms with Crippen LogP contribution in [0.1, 0.15) is 12.8 Å². The monoisotopic (exact) mass is 138 g/mol. The topological polar surface area (TPSA) is 35.5 Å². The Morgan fingerprint density at radius 1 is 1.60 bits per heavy atom. The summed E-state index contributed by atoms with van der Waals surface area (Å²) < 4.78 is 0. The van der Waals surface area contributed by atoms with Gasteiger partial charge >= 0.3 is 0 Å². The molecule has 0 aromatic carbocycles. The molecule has 0 amide bonds. The molecule has 0 radical (unpaired) electrons. The van der Waals surface area contributed by atoms with Gasteiger partial charge in [0.05, 0.1) is 6.20 Å². The SMILES string of the molecule is ON1C=CC=C(C2CC2)N1. The second-order valence-electron chi connectivity index (χ2n) is 2.69. The van der Waals surface area contributed by atoms with Gasteiger partial charge in [-0.25, -0.2) is 0 Å². The Balaban J connectivity index is 2.06. The fraction of sp³-hybridized carbons (Fsp3) is 0.429. The molecule has 1 saturated carbocycles. The van der Waals surface area contributed by atoms with Crippen molar-refractivity contribution in [3.63, 3.8) is 0 Å². The number of hydrogen-bond acceptors (Lipinski definition) is 3. The Labute approximate surface area is 59.6 Å². The van der Waals surface area contributed by atoms with Crippen LogP contribution >= 0.6 is 0 Å². The molecule has 1 aliphatic heterocycles. The predicted molar refractivity (Wildman–Crippen MR) is 36.7 cm³/mol. The van der Waals surface area contributed by atoms with Crippen LogP contribution < -0.4 is 5.43 Å². The molecule has 0 unspecified atom stereocenters. The Morgan fingerprint density at radius 3 is 3.00 bits per heavy atom. The summed E-state index contributed by atoms with van der Waals surface area (Å²) in [6.07, 6.45) is 7.92. The predicted octanol–water partition coefficient (Wildman–Crippen LogP) is 1.00. The van der Waals surface area contributed by atoms with E-state index < -0.39 is 0 Å². The van der Waals surface area contributed by atoms with Gasteiger partial charge < -0.3 is 0 Å². The number of allylic oxidation sites excluding steroid dienone is 3. The van der Waals surface area contributed by atoms with Crippen LogP contribution in [0.5, 0.6) is 0 Å². The number of hydrogen-bond donors (Lipinski definition) is 2. The molecule has 1 fully saturated rings. The maximum absolute atomic E-state index is 8.95. The molecule has 0 aromatic heterocycles. The Kier molecular flexibility index (Phi) is 1.17. The van der Waals surface area contributed by atoms with Crippen LogP contribution in [0.2, 0.25) is 0 Å². The summed E-state index contributed by atoms with van der Waals surface area (Å²) in [4.78, 5) is 0.